The summed E-state index contributed by atoms with van der Waals surface area (Å²) in [6.45, 7) is 2.50. The fraction of sp³-hybridized carbons (Fsp3) is 0.190. The second-order valence-electron chi connectivity index (χ2n) is 7.39. The van der Waals surface area contributed by atoms with Gasteiger partial charge in [-0.15, -0.1) is 0 Å². The molecule has 5 heterocycles. The van der Waals surface area contributed by atoms with E-state index in [1.165, 1.54) is 6.20 Å². The van der Waals surface area contributed by atoms with Crippen LogP contribution < -0.4 is 10.5 Å². The van der Waals surface area contributed by atoms with Gasteiger partial charge in [-0.05, 0) is 24.3 Å². The van der Waals surface area contributed by atoms with Crippen LogP contribution in [-0.4, -0.2) is 61.6 Å². The predicted octanol–water partition coefficient (Wildman–Crippen LogP) is 2.14. The summed E-state index contributed by atoms with van der Waals surface area (Å²) in [7, 11) is 0. The molecule has 9 nitrogen and oxygen atoms in total. The van der Waals surface area contributed by atoms with Crippen molar-refractivity contribution < 1.29 is 4.79 Å². The zero-order valence-electron chi connectivity index (χ0n) is 16.4. The molecule has 0 spiro atoms. The summed E-state index contributed by atoms with van der Waals surface area (Å²) in [5.41, 5.74) is 2.17. The van der Waals surface area contributed by atoms with Gasteiger partial charge < -0.3 is 14.8 Å². The zero-order valence-corrected chi connectivity index (χ0v) is 17.2. The maximum Gasteiger partial charge on any atom is 0.259 e. The smallest absolute Gasteiger partial charge is 0.259 e. The Morgan fingerprint density at radius 1 is 1.06 bits per heavy atom. The van der Waals surface area contributed by atoms with Crippen LogP contribution in [0, 0.1) is 0 Å². The largest absolute Gasteiger partial charge is 0.344 e. The third-order valence-electron chi connectivity index (χ3n) is 5.60. The molecule has 1 N–H and O–H groups in total. The molecule has 0 saturated carbocycles. The van der Waals surface area contributed by atoms with Crippen molar-refractivity contribution in [3.8, 4) is 0 Å². The molecule has 0 bridgehead atoms. The van der Waals surface area contributed by atoms with Crippen LogP contribution in [0.4, 0.5) is 5.13 Å². The van der Waals surface area contributed by atoms with Crippen LogP contribution in [0.1, 0.15) is 10.4 Å². The Morgan fingerprint density at radius 3 is 2.74 bits per heavy atom. The summed E-state index contributed by atoms with van der Waals surface area (Å²) in [5.74, 6) is -0.133. The van der Waals surface area contributed by atoms with Gasteiger partial charge in [-0.25, -0.2) is 14.5 Å². The lowest BCUT2D eigenvalue weighted by Gasteiger charge is -2.34. The van der Waals surface area contributed by atoms with Crippen molar-refractivity contribution in [1.29, 1.82) is 0 Å². The molecule has 0 aliphatic carbocycles. The minimum atomic E-state index is -0.230. The SMILES string of the molecule is O=C(c1cnn2c1[nH]c(=O)c1ccccc12)N1CCN(c2nc3cccnc3s2)CC1. The van der Waals surface area contributed by atoms with Crippen LogP contribution in [-0.2, 0) is 0 Å². The predicted molar refractivity (Wildman–Crippen MR) is 119 cm³/mol. The minimum absolute atomic E-state index is 0.133. The van der Waals surface area contributed by atoms with E-state index in [0.29, 0.717) is 48.3 Å². The number of H-pyrrole nitrogens is 1. The van der Waals surface area contributed by atoms with E-state index in [-0.39, 0.29) is 11.5 Å². The molecule has 6 rings (SSSR count). The number of para-hydroxylation sites is 1. The van der Waals surface area contributed by atoms with Gasteiger partial charge in [-0.3, -0.25) is 9.59 Å². The van der Waals surface area contributed by atoms with Crippen LogP contribution in [0.25, 0.3) is 26.9 Å². The number of hydrogen-bond donors (Lipinski definition) is 1. The third-order valence-corrected chi connectivity index (χ3v) is 6.64. The maximum absolute atomic E-state index is 13.2. The molecule has 0 atom stereocenters. The molecule has 0 radical (unpaired) electrons. The first kappa shape index (κ1) is 18.0. The number of nitrogens with one attached hydrogen (secondary N) is 1. The van der Waals surface area contributed by atoms with Crippen molar-refractivity contribution in [3.63, 3.8) is 0 Å². The van der Waals surface area contributed by atoms with Gasteiger partial charge in [0, 0.05) is 32.4 Å². The molecule has 5 aromatic rings. The van der Waals surface area contributed by atoms with Gasteiger partial charge in [0.1, 0.15) is 21.6 Å². The molecular formula is C21H17N7O2S. The van der Waals surface area contributed by atoms with E-state index in [0.717, 1.165) is 15.5 Å². The van der Waals surface area contributed by atoms with E-state index in [4.69, 9.17) is 0 Å². The maximum atomic E-state index is 13.2. The molecule has 31 heavy (non-hydrogen) atoms. The second kappa shape index (κ2) is 6.88. The monoisotopic (exact) mass is 431 g/mol. The van der Waals surface area contributed by atoms with Gasteiger partial charge in [0.15, 0.2) is 5.13 Å². The second-order valence-corrected chi connectivity index (χ2v) is 8.35. The lowest BCUT2D eigenvalue weighted by molar-refractivity contribution is 0.0748. The molecule has 154 valence electrons. The van der Waals surface area contributed by atoms with Crippen LogP contribution >= 0.6 is 11.3 Å². The Balaban J connectivity index is 1.26. The number of amides is 1. The number of fused-ring (bicyclic) bond motifs is 4. The molecule has 1 aliphatic rings. The molecule has 0 unspecified atom stereocenters. The standard InChI is InChI=1S/C21H17N7O2S/c29-18-13-4-1-2-6-16(13)28-17(25-18)14(12-23-28)20(30)26-8-10-27(11-9-26)21-24-15-5-3-7-22-19(15)31-21/h1-7,12H,8-11H2,(H,25,29). The topological polar surface area (TPSA) is 99.5 Å². The van der Waals surface area contributed by atoms with Gasteiger partial charge in [-0.2, -0.15) is 5.10 Å². The van der Waals surface area contributed by atoms with Crippen molar-refractivity contribution in [2.45, 2.75) is 0 Å². The Labute approximate surface area is 179 Å². The Kier molecular flexibility index (Phi) is 4.00. The van der Waals surface area contributed by atoms with E-state index in [1.54, 1.807) is 39.1 Å². The molecule has 4 aromatic heterocycles. The van der Waals surface area contributed by atoms with Crippen molar-refractivity contribution >= 4 is 49.3 Å². The number of rotatable bonds is 2. The molecule has 1 fully saturated rings. The van der Waals surface area contributed by atoms with Crippen LogP contribution in [0.5, 0.6) is 0 Å². The van der Waals surface area contributed by atoms with Gasteiger partial charge in [0.2, 0.25) is 0 Å². The number of nitrogens with zero attached hydrogens (tertiary/aromatic N) is 6. The number of thiazole rings is 1. The van der Waals surface area contributed by atoms with Crippen LogP contribution in [0.2, 0.25) is 0 Å². The van der Waals surface area contributed by atoms with Gasteiger partial charge in [0.25, 0.3) is 11.5 Å². The number of anilines is 1. The highest BCUT2D eigenvalue weighted by molar-refractivity contribution is 7.21. The van der Waals surface area contributed by atoms with Crippen molar-refractivity contribution in [3.05, 3.63) is 64.7 Å². The number of hydrogen-bond acceptors (Lipinski definition) is 7. The number of benzene rings is 1. The fourth-order valence-corrected chi connectivity index (χ4v) is 4.96. The van der Waals surface area contributed by atoms with Crippen molar-refractivity contribution in [1.82, 2.24) is 29.5 Å². The first-order valence-electron chi connectivity index (χ1n) is 9.93. The van der Waals surface area contributed by atoms with E-state index in [9.17, 15) is 9.59 Å². The summed E-state index contributed by atoms with van der Waals surface area (Å²) in [4.78, 5) is 42.4. The number of aromatic nitrogens is 5. The molecule has 1 aliphatic heterocycles. The first-order valence-corrected chi connectivity index (χ1v) is 10.8. The van der Waals surface area contributed by atoms with Crippen molar-refractivity contribution in [2.75, 3.05) is 31.1 Å². The highest BCUT2D eigenvalue weighted by atomic mass is 32.1. The molecule has 1 amide bonds. The Hall–Kier alpha value is -3.79. The summed E-state index contributed by atoms with van der Waals surface area (Å²) in [5, 5.41) is 5.83. The van der Waals surface area contributed by atoms with Gasteiger partial charge >= 0.3 is 0 Å². The molecule has 10 heteroatoms. The molecular weight excluding hydrogens is 414 g/mol. The van der Waals surface area contributed by atoms with Crippen LogP contribution in [0.15, 0.2) is 53.6 Å². The third kappa shape index (κ3) is 2.87. The Bertz CT molecular complexity index is 1480. The quantitative estimate of drug-likeness (QED) is 0.460. The highest BCUT2D eigenvalue weighted by Crippen LogP contribution is 2.28. The number of carbonyl (C=O) groups excluding carboxylic acids is 1. The van der Waals surface area contributed by atoms with Crippen LogP contribution in [0.3, 0.4) is 0 Å². The summed E-state index contributed by atoms with van der Waals surface area (Å²) in [6, 6.07) is 11.1. The lowest BCUT2D eigenvalue weighted by atomic mass is 10.2. The molecule has 1 aromatic carbocycles. The first-order chi connectivity index (χ1) is 15.2. The summed E-state index contributed by atoms with van der Waals surface area (Å²) >= 11 is 1.56. The lowest BCUT2D eigenvalue weighted by Crippen LogP contribution is -2.48. The molecule has 1 saturated heterocycles. The van der Waals surface area contributed by atoms with E-state index in [2.05, 4.69) is 25.0 Å². The highest BCUT2D eigenvalue weighted by Gasteiger charge is 2.26. The van der Waals surface area contributed by atoms with E-state index in [1.807, 2.05) is 24.3 Å². The number of pyridine rings is 1. The average Bonchev–Trinajstić information content (AvgIpc) is 3.43. The van der Waals surface area contributed by atoms with Crippen molar-refractivity contribution in [2.24, 2.45) is 0 Å². The average molecular weight is 431 g/mol. The van der Waals surface area contributed by atoms with Gasteiger partial charge in [0.05, 0.1) is 17.1 Å². The minimum Gasteiger partial charge on any atom is -0.344 e. The summed E-state index contributed by atoms with van der Waals surface area (Å²) in [6.07, 6.45) is 3.30. The van der Waals surface area contributed by atoms with Gasteiger partial charge in [-0.1, -0.05) is 23.5 Å². The number of carbonyl (C=O) groups is 1. The van der Waals surface area contributed by atoms with E-state index >= 15 is 0 Å². The zero-order chi connectivity index (χ0) is 20.9. The Morgan fingerprint density at radius 2 is 1.90 bits per heavy atom. The van der Waals surface area contributed by atoms with E-state index < -0.39 is 0 Å². The summed E-state index contributed by atoms with van der Waals surface area (Å²) < 4.78 is 1.62. The fourth-order valence-electron chi connectivity index (χ4n) is 4.00. The normalized spacial score (nSPS) is 14.7. The number of piperazine rings is 1. The number of aromatic amines is 1.